The number of aryl methyl sites for hydroxylation is 1. The summed E-state index contributed by atoms with van der Waals surface area (Å²) < 4.78 is 28.7. The molecule has 0 spiro atoms. The second kappa shape index (κ2) is 9.13. The highest BCUT2D eigenvalue weighted by Crippen LogP contribution is 2.18. The van der Waals surface area contributed by atoms with Crippen LogP contribution in [-0.2, 0) is 21.1 Å². The largest absolute Gasteiger partial charge is 0.360 e. The van der Waals surface area contributed by atoms with Gasteiger partial charge in [0.25, 0.3) is 5.91 Å². The lowest BCUT2D eigenvalue weighted by Gasteiger charge is -2.14. The Kier molecular flexibility index (Phi) is 6.55. The summed E-state index contributed by atoms with van der Waals surface area (Å²) in [6, 6.07) is 14.5. The molecule has 8 nitrogen and oxygen atoms in total. The fourth-order valence-corrected chi connectivity index (χ4v) is 3.76. The molecule has 0 fully saturated rings. The smallest absolute Gasteiger partial charge is 0.259 e. The van der Waals surface area contributed by atoms with E-state index in [-0.39, 0.29) is 28.9 Å². The van der Waals surface area contributed by atoms with E-state index in [0.717, 1.165) is 0 Å². The Balaban J connectivity index is 1.60. The number of aromatic nitrogens is 1. The molecule has 1 N–H and O–H groups in total. The van der Waals surface area contributed by atoms with Crippen LogP contribution >= 0.6 is 0 Å². The highest BCUT2D eigenvalue weighted by Gasteiger charge is 2.17. The summed E-state index contributed by atoms with van der Waals surface area (Å²) in [7, 11) is -1.66. The van der Waals surface area contributed by atoms with E-state index in [1.165, 1.54) is 17.0 Å². The second-order valence-corrected chi connectivity index (χ2v) is 9.29. The summed E-state index contributed by atoms with van der Waals surface area (Å²) in [5.41, 5.74) is 1.68. The molecule has 3 rings (SSSR count). The predicted octanol–water partition coefficient (Wildman–Crippen LogP) is 3.23. The first-order valence-electron chi connectivity index (χ1n) is 9.62. The first-order chi connectivity index (χ1) is 14.7. The third-order valence-electron chi connectivity index (χ3n) is 4.71. The van der Waals surface area contributed by atoms with Gasteiger partial charge in [-0.05, 0) is 48.9 Å². The van der Waals surface area contributed by atoms with Crippen LogP contribution in [0.4, 0.5) is 11.5 Å². The molecule has 0 aliphatic rings. The molecule has 0 aliphatic heterocycles. The maximum atomic E-state index is 12.6. The second-order valence-electron chi connectivity index (χ2n) is 7.01. The molecule has 0 atom stereocenters. The lowest BCUT2D eigenvalue weighted by molar-refractivity contribution is -0.115. The summed E-state index contributed by atoms with van der Waals surface area (Å²) in [5.74, 6) is 0.542. The Labute approximate surface area is 180 Å². The maximum Gasteiger partial charge on any atom is 0.259 e. The van der Waals surface area contributed by atoms with Crippen molar-refractivity contribution in [2.75, 3.05) is 23.0 Å². The summed E-state index contributed by atoms with van der Waals surface area (Å²) in [6.45, 7) is 3.33. The lowest BCUT2D eigenvalue weighted by atomic mass is 10.1. The minimum absolute atomic E-state index is 0.0271. The molecule has 0 saturated carbocycles. The molecule has 0 bridgehead atoms. The van der Waals surface area contributed by atoms with Gasteiger partial charge in [-0.1, -0.05) is 24.2 Å². The summed E-state index contributed by atoms with van der Waals surface area (Å²) in [6.07, 6.45) is 0.0986. The zero-order chi connectivity index (χ0) is 22.6. The topological polar surface area (TPSA) is 110 Å². The average Bonchev–Trinajstić information content (AvgIpc) is 3.20. The van der Waals surface area contributed by atoms with E-state index in [2.05, 4.69) is 10.5 Å². The molecule has 2 amide bonds. The van der Waals surface area contributed by atoms with E-state index in [0.29, 0.717) is 28.4 Å². The van der Waals surface area contributed by atoms with Crippen molar-refractivity contribution in [3.8, 4) is 0 Å². The molecular weight excluding hydrogens is 418 g/mol. The maximum absolute atomic E-state index is 12.6. The number of nitrogens with zero attached hydrogens (tertiary/aromatic N) is 2. The Morgan fingerprint density at radius 1 is 1.06 bits per heavy atom. The molecule has 0 unspecified atom stereocenters. The van der Waals surface area contributed by atoms with E-state index in [9.17, 15) is 18.0 Å². The minimum Gasteiger partial charge on any atom is -0.360 e. The van der Waals surface area contributed by atoms with Crippen molar-refractivity contribution < 1.29 is 22.5 Å². The SMILES string of the molecule is CCS(=O)(=O)c1ccc(CC(=O)Nc2ccc(C(=O)N(C)c3cc(C)on3)cc2)cc1. The number of nitrogens with one attached hydrogen (secondary N) is 1. The van der Waals surface area contributed by atoms with Gasteiger partial charge >= 0.3 is 0 Å². The fourth-order valence-electron chi connectivity index (χ4n) is 2.88. The molecule has 1 aromatic heterocycles. The molecule has 31 heavy (non-hydrogen) atoms. The number of benzene rings is 2. The van der Waals surface area contributed by atoms with Crippen LogP contribution in [0.2, 0.25) is 0 Å². The van der Waals surface area contributed by atoms with Gasteiger partial charge in [0.1, 0.15) is 5.76 Å². The van der Waals surface area contributed by atoms with Crippen molar-refractivity contribution in [3.05, 3.63) is 71.5 Å². The Hall–Kier alpha value is -3.46. The minimum atomic E-state index is -3.27. The Bertz CT molecular complexity index is 1180. The Morgan fingerprint density at radius 2 is 1.71 bits per heavy atom. The zero-order valence-corrected chi connectivity index (χ0v) is 18.3. The van der Waals surface area contributed by atoms with Crippen LogP contribution < -0.4 is 10.2 Å². The number of sulfone groups is 1. The number of hydrogen-bond acceptors (Lipinski definition) is 6. The fraction of sp³-hybridized carbons (Fsp3) is 0.227. The summed E-state index contributed by atoms with van der Waals surface area (Å²) in [5, 5.41) is 6.59. The molecule has 0 aliphatic carbocycles. The van der Waals surface area contributed by atoms with Crippen LogP contribution in [0.1, 0.15) is 28.6 Å². The number of carbonyl (C=O) groups excluding carboxylic acids is 2. The molecule has 3 aromatic rings. The number of hydrogen-bond donors (Lipinski definition) is 1. The van der Waals surface area contributed by atoms with Gasteiger partial charge in [-0.15, -0.1) is 0 Å². The molecular formula is C22H23N3O5S. The van der Waals surface area contributed by atoms with Crippen LogP contribution in [0, 0.1) is 6.92 Å². The van der Waals surface area contributed by atoms with Gasteiger partial charge in [0.15, 0.2) is 15.7 Å². The van der Waals surface area contributed by atoms with Gasteiger partial charge in [-0.25, -0.2) is 8.42 Å². The molecule has 1 heterocycles. The predicted molar refractivity (Wildman–Crippen MR) is 117 cm³/mol. The monoisotopic (exact) mass is 441 g/mol. The third-order valence-corrected chi connectivity index (χ3v) is 6.46. The van der Waals surface area contributed by atoms with Gasteiger partial charge in [0, 0.05) is 24.4 Å². The number of rotatable bonds is 7. The van der Waals surface area contributed by atoms with E-state index in [4.69, 9.17) is 4.52 Å². The van der Waals surface area contributed by atoms with Gasteiger partial charge in [-0.3, -0.25) is 14.5 Å². The van der Waals surface area contributed by atoms with Crippen molar-refractivity contribution in [1.29, 1.82) is 0 Å². The molecule has 162 valence electrons. The molecule has 2 aromatic carbocycles. The van der Waals surface area contributed by atoms with E-state index >= 15 is 0 Å². The first-order valence-corrected chi connectivity index (χ1v) is 11.3. The van der Waals surface area contributed by atoms with Crippen LogP contribution in [0.3, 0.4) is 0 Å². The molecule has 0 radical (unpaired) electrons. The highest BCUT2D eigenvalue weighted by atomic mass is 32.2. The average molecular weight is 442 g/mol. The number of amides is 2. The third kappa shape index (κ3) is 5.37. The summed E-state index contributed by atoms with van der Waals surface area (Å²) >= 11 is 0. The van der Waals surface area contributed by atoms with E-state index in [1.807, 2.05) is 0 Å². The van der Waals surface area contributed by atoms with E-state index < -0.39 is 9.84 Å². The van der Waals surface area contributed by atoms with Crippen molar-refractivity contribution >= 4 is 33.2 Å². The first kappa shape index (κ1) is 22.2. The van der Waals surface area contributed by atoms with Crippen molar-refractivity contribution in [3.63, 3.8) is 0 Å². The van der Waals surface area contributed by atoms with Crippen LogP contribution in [0.5, 0.6) is 0 Å². The Morgan fingerprint density at radius 3 is 2.26 bits per heavy atom. The number of anilines is 2. The number of carbonyl (C=O) groups is 2. The zero-order valence-electron chi connectivity index (χ0n) is 17.5. The van der Waals surface area contributed by atoms with Crippen LogP contribution in [0.15, 0.2) is 64.0 Å². The van der Waals surface area contributed by atoms with Crippen LogP contribution in [0.25, 0.3) is 0 Å². The normalized spacial score (nSPS) is 11.2. The van der Waals surface area contributed by atoms with Gasteiger partial charge in [-0.2, -0.15) is 0 Å². The van der Waals surface area contributed by atoms with Gasteiger partial charge < -0.3 is 9.84 Å². The summed E-state index contributed by atoms with van der Waals surface area (Å²) in [4.78, 5) is 26.5. The van der Waals surface area contributed by atoms with Crippen molar-refractivity contribution in [2.24, 2.45) is 0 Å². The highest BCUT2D eigenvalue weighted by molar-refractivity contribution is 7.91. The molecule has 9 heteroatoms. The molecule has 0 saturated heterocycles. The van der Waals surface area contributed by atoms with Crippen molar-refractivity contribution in [1.82, 2.24) is 5.16 Å². The standard InChI is InChI=1S/C22H23N3O5S/c1-4-31(28,29)19-11-5-16(6-12-19)14-21(26)23-18-9-7-17(8-10-18)22(27)25(3)20-13-15(2)30-24-20/h5-13H,4,14H2,1-3H3,(H,23,26). The van der Waals surface area contributed by atoms with Crippen LogP contribution in [-0.4, -0.2) is 38.2 Å². The van der Waals surface area contributed by atoms with Crippen molar-refractivity contribution in [2.45, 2.75) is 25.2 Å². The van der Waals surface area contributed by atoms with E-state index in [1.54, 1.807) is 63.4 Å². The lowest BCUT2D eigenvalue weighted by Crippen LogP contribution is -2.26. The quantitative estimate of drug-likeness (QED) is 0.603. The van der Waals surface area contributed by atoms with Gasteiger partial charge in [0.05, 0.1) is 17.1 Å². The van der Waals surface area contributed by atoms with Gasteiger partial charge in [0.2, 0.25) is 5.91 Å².